The quantitative estimate of drug-likeness (QED) is 0.835. The summed E-state index contributed by atoms with van der Waals surface area (Å²) >= 11 is 3.62. The molecule has 4 nitrogen and oxygen atoms in total. The highest BCUT2D eigenvalue weighted by Crippen LogP contribution is 2.31. The summed E-state index contributed by atoms with van der Waals surface area (Å²) in [4.78, 5) is 9.22. The molecule has 0 amide bonds. The standard InChI is InChI=1S/C16H21BrN4/c1-9(2)14-20-15(18-5)11(4)16(21-14)19-12-8-6-7-10(3)13(12)17/h6-9H,1-5H3,(H2,18,19,20,21). The second-order valence-corrected chi connectivity index (χ2v) is 6.16. The number of rotatable bonds is 4. The predicted octanol–water partition coefficient (Wildman–Crippen LogP) is 4.76. The van der Waals surface area contributed by atoms with Gasteiger partial charge in [0.1, 0.15) is 17.5 Å². The van der Waals surface area contributed by atoms with Gasteiger partial charge in [0.05, 0.1) is 5.69 Å². The number of benzene rings is 1. The molecule has 1 aromatic carbocycles. The van der Waals surface area contributed by atoms with Crippen LogP contribution in [-0.4, -0.2) is 17.0 Å². The van der Waals surface area contributed by atoms with Crippen molar-refractivity contribution in [3.63, 3.8) is 0 Å². The highest BCUT2D eigenvalue weighted by atomic mass is 79.9. The van der Waals surface area contributed by atoms with Crippen LogP contribution in [0.5, 0.6) is 0 Å². The van der Waals surface area contributed by atoms with Gasteiger partial charge in [0.15, 0.2) is 0 Å². The van der Waals surface area contributed by atoms with E-state index in [0.29, 0.717) is 0 Å². The molecule has 0 radical (unpaired) electrons. The van der Waals surface area contributed by atoms with E-state index < -0.39 is 0 Å². The van der Waals surface area contributed by atoms with E-state index in [2.05, 4.69) is 63.4 Å². The Morgan fingerprint density at radius 1 is 1.10 bits per heavy atom. The lowest BCUT2D eigenvalue weighted by Crippen LogP contribution is -2.08. The van der Waals surface area contributed by atoms with Crippen LogP contribution < -0.4 is 10.6 Å². The molecule has 1 aromatic heterocycles. The molecule has 0 aliphatic carbocycles. The minimum Gasteiger partial charge on any atom is -0.373 e. The van der Waals surface area contributed by atoms with Crippen molar-refractivity contribution in [2.75, 3.05) is 17.7 Å². The summed E-state index contributed by atoms with van der Waals surface area (Å²) in [6.45, 7) is 8.27. The molecule has 1 heterocycles. The van der Waals surface area contributed by atoms with Crippen LogP contribution in [0.15, 0.2) is 22.7 Å². The average Bonchev–Trinajstić information content (AvgIpc) is 2.45. The monoisotopic (exact) mass is 348 g/mol. The van der Waals surface area contributed by atoms with Crippen molar-refractivity contribution in [1.29, 1.82) is 0 Å². The van der Waals surface area contributed by atoms with E-state index >= 15 is 0 Å². The molecule has 0 saturated heterocycles. The Morgan fingerprint density at radius 3 is 2.38 bits per heavy atom. The smallest absolute Gasteiger partial charge is 0.139 e. The van der Waals surface area contributed by atoms with Crippen LogP contribution in [0.25, 0.3) is 0 Å². The average molecular weight is 349 g/mol. The van der Waals surface area contributed by atoms with E-state index in [9.17, 15) is 0 Å². The highest BCUT2D eigenvalue weighted by molar-refractivity contribution is 9.10. The first-order chi connectivity index (χ1) is 9.93. The fourth-order valence-electron chi connectivity index (χ4n) is 2.03. The molecule has 0 spiro atoms. The number of hydrogen-bond donors (Lipinski definition) is 2. The molecule has 21 heavy (non-hydrogen) atoms. The molecule has 0 aliphatic rings. The van der Waals surface area contributed by atoms with Gasteiger partial charge in [-0.1, -0.05) is 26.0 Å². The normalized spacial score (nSPS) is 10.8. The lowest BCUT2D eigenvalue weighted by atomic mass is 10.2. The second kappa shape index (κ2) is 6.43. The summed E-state index contributed by atoms with van der Waals surface area (Å²) in [7, 11) is 1.88. The molecule has 2 N–H and O–H groups in total. The van der Waals surface area contributed by atoms with Crippen molar-refractivity contribution in [3.8, 4) is 0 Å². The Morgan fingerprint density at radius 2 is 1.76 bits per heavy atom. The fourth-order valence-corrected chi connectivity index (χ4v) is 2.39. The van der Waals surface area contributed by atoms with Gasteiger partial charge >= 0.3 is 0 Å². The summed E-state index contributed by atoms with van der Waals surface area (Å²) in [6, 6.07) is 6.13. The molecular weight excluding hydrogens is 328 g/mol. The minimum atomic E-state index is 0.277. The SMILES string of the molecule is CNc1nc(C(C)C)nc(Nc2cccc(C)c2Br)c1C. The zero-order valence-corrected chi connectivity index (χ0v) is 14.7. The van der Waals surface area contributed by atoms with E-state index in [1.165, 1.54) is 5.56 Å². The van der Waals surface area contributed by atoms with E-state index in [4.69, 9.17) is 0 Å². The van der Waals surface area contributed by atoms with Crippen LogP contribution in [0.4, 0.5) is 17.3 Å². The van der Waals surface area contributed by atoms with Crippen LogP contribution in [0.2, 0.25) is 0 Å². The van der Waals surface area contributed by atoms with Gasteiger partial charge in [-0.3, -0.25) is 0 Å². The summed E-state index contributed by atoms with van der Waals surface area (Å²) < 4.78 is 1.06. The van der Waals surface area contributed by atoms with Crippen molar-refractivity contribution >= 4 is 33.3 Å². The molecule has 2 aromatic rings. The summed E-state index contributed by atoms with van der Waals surface area (Å²) in [5.41, 5.74) is 3.20. The molecule has 0 saturated carbocycles. The van der Waals surface area contributed by atoms with Gasteiger partial charge < -0.3 is 10.6 Å². The second-order valence-electron chi connectivity index (χ2n) is 5.37. The van der Waals surface area contributed by atoms with E-state index in [1.54, 1.807) is 0 Å². The largest absolute Gasteiger partial charge is 0.373 e. The lowest BCUT2D eigenvalue weighted by molar-refractivity contribution is 0.775. The van der Waals surface area contributed by atoms with Gasteiger partial charge in [0.2, 0.25) is 0 Å². The topological polar surface area (TPSA) is 49.8 Å². The first-order valence-electron chi connectivity index (χ1n) is 7.02. The molecule has 0 atom stereocenters. The number of aromatic nitrogens is 2. The van der Waals surface area contributed by atoms with Crippen LogP contribution in [0, 0.1) is 13.8 Å². The van der Waals surface area contributed by atoms with Crippen LogP contribution in [0.1, 0.15) is 36.7 Å². The number of aryl methyl sites for hydroxylation is 1. The Kier molecular flexibility index (Phi) is 4.83. The van der Waals surface area contributed by atoms with Crippen molar-refractivity contribution < 1.29 is 0 Å². The number of halogens is 1. The molecule has 0 unspecified atom stereocenters. The molecule has 112 valence electrons. The third kappa shape index (κ3) is 3.35. The predicted molar refractivity (Wildman–Crippen MR) is 92.6 cm³/mol. The molecule has 2 rings (SSSR count). The number of nitrogens with zero attached hydrogens (tertiary/aromatic N) is 2. The first-order valence-corrected chi connectivity index (χ1v) is 7.81. The molecule has 0 fully saturated rings. The zero-order valence-electron chi connectivity index (χ0n) is 13.1. The van der Waals surface area contributed by atoms with Crippen molar-refractivity contribution in [2.45, 2.75) is 33.6 Å². The van der Waals surface area contributed by atoms with Crippen LogP contribution in [0.3, 0.4) is 0 Å². The maximum absolute atomic E-state index is 4.66. The molecule has 0 aliphatic heterocycles. The van der Waals surface area contributed by atoms with Crippen LogP contribution >= 0.6 is 15.9 Å². The summed E-state index contributed by atoms with van der Waals surface area (Å²) in [5, 5.41) is 6.55. The Balaban J connectivity index is 2.48. The third-order valence-corrected chi connectivity index (χ3v) is 4.41. The summed E-state index contributed by atoms with van der Waals surface area (Å²) in [5.74, 6) is 2.81. The van der Waals surface area contributed by atoms with Crippen molar-refractivity contribution in [3.05, 3.63) is 39.6 Å². The maximum Gasteiger partial charge on any atom is 0.139 e. The van der Waals surface area contributed by atoms with Crippen molar-refractivity contribution in [2.24, 2.45) is 0 Å². The van der Waals surface area contributed by atoms with Gasteiger partial charge in [-0.15, -0.1) is 0 Å². The molecule has 5 heteroatoms. The van der Waals surface area contributed by atoms with Gasteiger partial charge in [-0.05, 0) is 41.4 Å². The Bertz CT molecular complexity index is 653. The molecule has 0 bridgehead atoms. The van der Waals surface area contributed by atoms with Gasteiger partial charge in [-0.25, -0.2) is 9.97 Å². The fraction of sp³-hybridized carbons (Fsp3) is 0.375. The van der Waals surface area contributed by atoms with Gasteiger partial charge in [-0.2, -0.15) is 0 Å². The minimum absolute atomic E-state index is 0.277. The highest BCUT2D eigenvalue weighted by Gasteiger charge is 2.13. The zero-order chi connectivity index (χ0) is 15.6. The Hall–Kier alpha value is -1.62. The number of nitrogens with one attached hydrogen (secondary N) is 2. The number of hydrogen-bond acceptors (Lipinski definition) is 4. The lowest BCUT2D eigenvalue weighted by Gasteiger charge is -2.16. The molecular formula is C16H21BrN4. The van der Waals surface area contributed by atoms with Gasteiger partial charge in [0, 0.05) is 23.0 Å². The maximum atomic E-state index is 4.66. The van der Waals surface area contributed by atoms with Crippen molar-refractivity contribution in [1.82, 2.24) is 9.97 Å². The van der Waals surface area contributed by atoms with Crippen LogP contribution in [-0.2, 0) is 0 Å². The third-order valence-electron chi connectivity index (χ3n) is 3.36. The summed E-state index contributed by atoms with van der Waals surface area (Å²) in [6.07, 6.45) is 0. The van der Waals surface area contributed by atoms with E-state index in [-0.39, 0.29) is 5.92 Å². The first kappa shape index (κ1) is 15.8. The van der Waals surface area contributed by atoms with E-state index in [0.717, 1.165) is 33.2 Å². The van der Waals surface area contributed by atoms with E-state index in [1.807, 2.05) is 26.1 Å². The van der Waals surface area contributed by atoms with Gasteiger partial charge in [0.25, 0.3) is 0 Å². The Labute approximate surface area is 134 Å². The number of anilines is 3.